The van der Waals surface area contributed by atoms with E-state index < -0.39 is 0 Å². The highest BCUT2D eigenvalue weighted by atomic mass is 32.2. The maximum absolute atomic E-state index is 12.4. The molecule has 35 heavy (non-hydrogen) atoms. The molecule has 0 aliphatic heterocycles. The van der Waals surface area contributed by atoms with E-state index in [1.165, 1.54) is 24.0 Å². The van der Waals surface area contributed by atoms with Gasteiger partial charge in [-0.15, -0.1) is 5.10 Å². The number of carbonyl (C=O) groups is 1. The molecule has 4 rings (SSSR count). The third-order valence-electron chi connectivity index (χ3n) is 4.99. The zero-order valence-corrected chi connectivity index (χ0v) is 19.9. The van der Waals surface area contributed by atoms with Gasteiger partial charge in [-0.1, -0.05) is 48.2 Å². The monoisotopic (exact) mass is 489 g/mol. The molecule has 0 saturated carbocycles. The molecule has 1 amide bonds. The number of hydrazone groups is 1. The average Bonchev–Trinajstić information content (AvgIpc) is 3.32. The Hall–Kier alpha value is -4.31. The zero-order valence-electron chi connectivity index (χ0n) is 19.1. The molecule has 0 bridgehead atoms. The first-order valence-corrected chi connectivity index (χ1v) is 11.6. The Morgan fingerprint density at radius 2 is 1.83 bits per heavy atom. The molecular formula is C25H23N5O4S. The van der Waals surface area contributed by atoms with Crippen LogP contribution in [-0.4, -0.2) is 42.3 Å². The van der Waals surface area contributed by atoms with Crippen LogP contribution < -0.4 is 24.6 Å². The van der Waals surface area contributed by atoms with Gasteiger partial charge in [0.05, 0.1) is 36.8 Å². The van der Waals surface area contributed by atoms with E-state index in [9.17, 15) is 9.90 Å². The second-order valence-electron chi connectivity index (χ2n) is 7.22. The molecule has 178 valence electrons. The summed E-state index contributed by atoms with van der Waals surface area (Å²) in [5.74, 6) is 1.50. The van der Waals surface area contributed by atoms with Crippen molar-refractivity contribution in [2.45, 2.75) is 5.16 Å². The SMILES string of the molecule is COc1ccc(-c2[nH]nc(SCC(=O)NN=Cc3ccccc3[O-])[n+]2-c2ccccc2)cc1OC. The van der Waals surface area contributed by atoms with Crippen molar-refractivity contribution < 1.29 is 23.9 Å². The number of benzene rings is 3. The highest BCUT2D eigenvalue weighted by Crippen LogP contribution is 2.31. The first-order chi connectivity index (χ1) is 17.1. The Bertz CT molecular complexity index is 1340. The van der Waals surface area contributed by atoms with Crippen LogP contribution in [0.15, 0.2) is 83.1 Å². The van der Waals surface area contributed by atoms with Gasteiger partial charge in [0.1, 0.15) is 5.69 Å². The van der Waals surface area contributed by atoms with Gasteiger partial charge >= 0.3 is 5.16 Å². The number of aromatic amines is 1. The molecule has 4 aromatic rings. The Balaban J connectivity index is 1.55. The topological polar surface area (TPSA) is 116 Å². The third kappa shape index (κ3) is 5.61. The van der Waals surface area contributed by atoms with Gasteiger partial charge in [-0.25, -0.2) is 5.43 Å². The Morgan fingerprint density at radius 3 is 2.57 bits per heavy atom. The number of aromatic nitrogens is 3. The molecule has 1 heterocycles. The molecule has 0 spiro atoms. The number of amides is 1. The van der Waals surface area contributed by atoms with E-state index in [-0.39, 0.29) is 17.4 Å². The highest BCUT2D eigenvalue weighted by molar-refractivity contribution is 7.99. The van der Waals surface area contributed by atoms with Crippen LogP contribution in [0.5, 0.6) is 17.2 Å². The normalized spacial score (nSPS) is 10.9. The highest BCUT2D eigenvalue weighted by Gasteiger charge is 2.25. The Kier molecular flexibility index (Phi) is 7.63. The second kappa shape index (κ2) is 11.2. The summed E-state index contributed by atoms with van der Waals surface area (Å²) in [6, 6.07) is 21.7. The van der Waals surface area contributed by atoms with Crippen LogP contribution in [0.2, 0.25) is 0 Å². The van der Waals surface area contributed by atoms with Crippen LogP contribution in [0, 0.1) is 0 Å². The van der Waals surface area contributed by atoms with E-state index in [1.54, 1.807) is 32.4 Å². The van der Waals surface area contributed by atoms with E-state index in [0.717, 1.165) is 11.3 Å². The van der Waals surface area contributed by atoms with Gasteiger partial charge in [-0.3, -0.25) is 4.79 Å². The number of nitrogens with zero attached hydrogens (tertiary/aromatic N) is 3. The van der Waals surface area contributed by atoms with Crippen LogP contribution in [0.1, 0.15) is 5.56 Å². The molecule has 0 aliphatic carbocycles. The predicted molar refractivity (Wildman–Crippen MR) is 131 cm³/mol. The Labute approximate surface area is 206 Å². The Morgan fingerprint density at radius 1 is 1.09 bits per heavy atom. The van der Waals surface area contributed by atoms with Gasteiger partial charge in [0, 0.05) is 0 Å². The van der Waals surface area contributed by atoms with Crippen LogP contribution in [-0.2, 0) is 4.79 Å². The third-order valence-corrected chi connectivity index (χ3v) is 5.93. The van der Waals surface area contributed by atoms with Gasteiger partial charge in [0.2, 0.25) is 0 Å². The van der Waals surface area contributed by atoms with Gasteiger partial charge < -0.3 is 14.6 Å². The molecule has 0 aliphatic rings. The average molecular weight is 490 g/mol. The van der Waals surface area contributed by atoms with Crippen LogP contribution in [0.25, 0.3) is 17.1 Å². The summed E-state index contributed by atoms with van der Waals surface area (Å²) in [7, 11) is 3.17. The summed E-state index contributed by atoms with van der Waals surface area (Å²) in [6.07, 6.45) is 1.33. The summed E-state index contributed by atoms with van der Waals surface area (Å²) >= 11 is 1.25. The van der Waals surface area contributed by atoms with Crippen LogP contribution in [0.3, 0.4) is 0 Å². The summed E-state index contributed by atoms with van der Waals surface area (Å²) in [4.78, 5) is 12.4. The van der Waals surface area contributed by atoms with Crippen molar-refractivity contribution >= 4 is 23.9 Å². The molecular weight excluding hydrogens is 466 g/mol. The molecule has 0 atom stereocenters. The van der Waals surface area contributed by atoms with E-state index in [1.807, 2.05) is 53.1 Å². The van der Waals surface area contributed by atoms with E-state index in [2.05, 4.69) is 20.7 Å². The van der Waals surface area contributed by atoms with Crippen molar-refractivity contribution in [2.24, 2.45) is 5.10 Å². The summed E-state index contributed by atoms with van der Waals surface area (Å²) < 4.78 is 12.7. The van der Waals surface area contributed by atoms with Crippen molar-refractivity contribution in [1.82, 2.24) is 15.6 Å². The van der Waals surface area contributed by atoms with Crippen molar-refractivity contribution in [2.75, 3.05) is 20.0 Å². The first-order valence-electron chi connectivity index (χ1n) is 10.6. The largest absolute Gasteiger partial charge is 0.872 e. The van der Waals surface area contributed by atoms with Gasteiger partial charge in [0.25, 0.3) is 11.7 Å². The fraction of sp³-hybridized carbons (Fsp3) is 0.120. The number of nitrogens with one attached hydrogen (secondary N) is 2. The zero-order chi connectivity index (χ0) is 24.6. The standard InChI is InChI=1S/C25H23N5O4S/c1-33-21-13-12-17(14-22(21)34-2)24-28-29-25(30(24)19-9-4-3-5-10-19)35-16-23(32)27-26-15-18-8-6-7-11-20(18)31/h3-15H,16H2,1-2H3,(H2,26,27,31,32). The minimum absolute atomic E-state index is 0.0689. The van der Waals surface area contributed by atoms with E-state index >= 15 is 0 Å². The molecule has 2 N–H and O–H groups in total. The number of rotatable bonds is 9. The van der Waals surface area contributed by atoms with Crippen molar-refractivity contribution in [3.8, 4) is 34.3 Å². The van der Waals surface area contributed by atoms with Crippen LogP contribution in [0.4, 0.5) is 0 Å². The maximum atomic E-state index is 12.4. The lowest BCUT2D eigenvalue weighted by Crippen LogP contribution is -2.34. The molecule has 0 radical (unpaired) electrons. The number of hydrogen-bond acceptors (Lipinski definition) is 7. The van der Waals surface area contributed by atoms with Crippen LogP contribution >= 0.6 is 11.8 Å². The molecule has 9 nitrogen and oxygen atoms in total. The smallest absolute Gasteiger partial charge is 0.342 e. The van der Waals surface area contributed by atoms with Gasteiger partial charge in [-0.05, 0) is 47.7 Å². The number of hydrogen-bond donors (Lipinski definition) is 2. The second-order valence-corrected chi connectivity index (χ2v) is 8.16. The summed E-state index contributed by atoms with van der Waals surface area (Å²) in [5, 5.41) is 23.7. The minimum atomic E-state index is -0.329. The molecule has 10 heteroatoms. The summed E-state index contributed by atoms with van der Waals surface area (Å²) in [5.41, 5.74) is 4.55. The number of methoxy groups -OCH3 is 2. The molecule has 0 unspecified atom stereocenters. The molecule has 3 aromatic carbocycles. The quantitative estimate of drug-likeness (QED) is 0.162. The van der Waals surface area contributed by atoms with Gasteiger partial charge in [0.15, 0.2) is 11.5 Å². The lowest BCUT2D eigenvalue weighted by molar-refractivity contribution is -0.625. The molecule has 0 fully saturated rings. The number of H-pyrrole nitrogens is 1. The molecule has 0 saturated heterocycles. The number of thioether (sulfide) groups is 1. The minimum Gasteiger partial charge on any atom is -0.872 e. The number of ether oxygens (including phenoxy) is 2. The molecule has 1 aromatic heterocycles. The van der Waals surface area contributed by atoms with E-state index in [0.29, 0.717) is 28.0 Å². The van der Waals surface area contributed by atoms with Gasteiger partial charge in [-0.2, -0.15) is 9.67 Å². The van der Waals surface area contributed by atoms with Crippen molar-refractivity contribution in [3.05, 3.63) is 78.4 Å². The first kappa shape index (κ1) is 23.8. The van der Waals surface area contributed by atoms with Crippen molar-refractivity contribution in [1.29, 1.82) is 0 Å². The summed E-state index contributed by atoms with van der Waals surface area (Å²) in [6.45, 7) is 0. The number of carbonyl (C=O) groups excluding carboxylic acids is 1. The van der Waals surface area contributed by atoms with Crippen molar-refractivity contribution in [3.63, 3.8) is 0 Å². The lowest BCUT2D eigenvalue weighted by Gasteiger charge is -2.09. The lowest BCUT2D eigenvalue weighted by atomic mass is 10.2. The predicted octanol–water partition coefficient (Wildman–Crippen LogP) is 2.69. The fourth-order valence-electron chi connectivity index (χ4n) is 3.31. The van der Waals surface area contributed by atoms with E-state index in [4.69, 9.17) is 9.47 Å². The number of para-hydroxylation sites is 2. The fourth-order valence-corrected chi connectivity index (χ4v) is 4.07. The maximum Gasteiger partial charge on any atom is 0.342 e.